The standard InChI is InChI=1S/C21H31Cl2N5O3.2ClH/c1-13(2)19(21(30)31)26-20(29)15(24)5-7-18-25-16-12-14(4-6-17(16)27(18)3)28(10-8-22)11-9-23;;/h4,6,12-13,15,19H,5,7-11,24H2,1-3H3,(H,26,29)(H,30,31);2*1H. The lowest BCUT2D eigenvalue weighted by atomic mass is 10.0. The van der Waals surface area contributed by atoms with Crippen molar-refractivity contribution in [3.05, 3.63) is 24.0 Å². The summed E-state index contributed by atoms with van der Waals surface area (Å²) in [5.41, 5.74) is 8.83. The van der Waals surface area contributed by atoms with Gasteiger partial charge in [-0.25, -0.2) is 9.78 Å². The maximum atomic E-state index is 12.3. The average Bonchev–Trinajstić information content (AvgIpc) is 3.04. The largest absolute Gasteiger partial charge is 0.480 e. The van der Waals surface area contributed by atoms with Crippen molar-refractivity contribution in [3.8, 4) is 0 Å². The first-order valence-corrected chi connectivity index (χ1v) is 11.4. The van der Waals surface area contributed by atoms with Gasteiger partial charge in [-0.05, 0) is 30.5 Å². The van der Waals surface area contributed by atoms with Crippen LogP contribution in [0.5, 0.6) is 0 Å². The van der Waals surface area contributed by atoms with E-state index in [0.717, 1.165) is 22.5 Å². The molecular formula is C21H33Cl4N5O3. The molecule has 0 saturated carbocycles. The predicted molar refractivity (Wildman–Crippen MR) is 140 cm³/mol. The van der Waals surface area contributed by atoms with E-state index in [1.165, 1.54) is 0 Å². The molecule has 0 spiro atoms. The van der Waals surface area contributed by atoms with Gasteiger partial charge in [0.1, 0.15) is 11.9 Å². The maximum absolute atomic E-state index is 12.3. The van der Waals surface area contributed by atoms with Crippen molar-refractivity contribution in [2.75, 3.05) is 29.7 Å². The smallest absolute Gasteiger partial charge is 0.326 e. The summed E-state index contributed by atoms with van der Waals surface area (Å²) in [5.74, 6) is 0.0261. The predicted octanol–water partition coefficient (Wildman–Crippen LogP) is 3.19. The lowest BCUT2D eigenvalue weighted by molar-refractivity contribution is -0.143. The first-order chi connectivity index (χ1) is 14.7. The molecule has 0 aliphatic carbocycles. The summed E-state index contributed by atoms with van der Waals surface area (Å²) >= 11 is 11.8. The number of aliphatic carboxylic acids is 1. The minimum Gasteiger partial charge on any atom is -0.480 e. The average molecular weight is 545 g/mol. The van der Waals surface area contributed by atoms with Crippen LogP contribution in [0.2, 0.25) is 0 Å². The number of aromatic nitrogens is 2. The van der Waals surface area contributed by atoms with Crippen molar-refractivity contribution in [2.24, 2.45) is 18.7 Å². The van der Waals surface area contributed by atoms with Gasteiger partial charge in [-0.1, -0.05) is 13.8 Å². The summed E-state index contributed by atoms with van der Waals surface area (Å²) in [5, 5.41) is 11.8. The number of carbonyl (C=O) groups excluding carboxylic acids is 1. The molecule has 1 aromatic carbocycles. The van der Waals surface area contributed by atoms with Crippen molar-refractivity contribution >= 4 is 76.6 Å². The Morgan fingerprint density at radius 3 is 2.33 bits per heavy atom. The number of halogens is 4. The molecule has 2 unspecified atom stereocenters. The number of aryl methyl sites for hydroxylation is 2. The quantitative estimate of drug-likeness (QED) is 0.354. The number of carbonyl (C=O) groups is 2. The second-order valence-electron chi connectivity index (χ2n) is 7.84. The number of fused-ring (bicyclic) bond motifs is 1. The first kappa shape index (κ1) is 31.6. The molecular weight excluding hydrogens is 512 g/mol. The highest BCUT2D eigenvalue weighted by Gasteiger charge is 2.26. The number of anilines is 1. The van der Waals surface area contributed by atoms with Crippen molar-refractivity contribution in [1.82, 2.24) is 14.9 Å². The van der Waals surface area contributed by atoms with E-state index in [-0.39, 0.29) is 30.7 Å². The second-order valence-corrected chi connectivity index (χ2v) is 8.59. The summed E-state index contributed by atoms with van der Waals surface area (Å²) in [4.78, 5) is 30.4. The summed E-state index contributed by atoms with van der Waals surface area (Å²) < 4.78 is 1.98. The van der Waals surface area contributed by atoms with Crippen LogP contribution in [0, 0.1) is 5.92 Å². The van der Waals surface area contributed by atoms with E-state index in [4.69, 9.17) is 33.9 Å². The van der Waals surface area contributed by atoms with Gasteiger partial charge in [0.25, 0.3) is 0 Å². The number of hydrogen-bond donors (Lipinski definition) is 3. The van der Waals surface area contributed by atoms with Gasteiger partial charge in [-0.15, -0.1) is 48.0 Å². The van der Waals surface area contributed by atoms with Gasteiger partial charge in [-0.2, -0.15) is 0 Å². The topological polar surface area (TPSA) is 113 Å². The van der Waals surface area contributed by atoms with E-state index in [1.54, 1.807) is 13.8 Å². The number of nitrogens with one attached hydrogen (secondary N) is 1. The Kier molecular flexibility index (Phi) is 14.1. The van der Waals surface area contributed by atoms with E-state index in [2.05, 4.69) is 10.2 Å². The summed E-state index contributed by atoms with van der Waals surface area (Å²) in [6, 6.07) is 4.24. The molecule has 2 aromatic rings. The molecule has 33 heavy (non-hydrogen) atoms. The summed E-state index contributed by atoms with van der Waals surface area (Å²) in [7, 11) is 1.92. The fourth-order valence-electron chi connectivity index (χ4n) is 3.42. The molecule has 4 N–H and O–H groups in total. The van der Waals surface area contributed by atoms with Crippen LogP contribution < -0.4 is 16.0 Å². The van der Waals surface area contributed by atoms with Crippen molar-refractivity contribution in [2.45, 2.75) is 38.8 Å². The molecule has 188 valence electrons. The number of carboxylic acid groups (broad SMARTS) is 1. The number of benzene rings is 1. The minimum absolute atomic E-state index is 0. The summed E-state index contributed by atoms with van der Waals surface area (Å²) in [6.07, 6.45) is 0.840. The summed E-state index contributed by atoms with van der Waals surface area (Å²) in [6.45, 7) is 4.85. The molecule has 0 saturated heterocycles. The maximum Gasteiger partial charge on any atom is 0.326 e. The van der Waals surface area contributed by atoms with Crippen LogP contribution in [0.15, 0.2) is 18.2 Å². The molecule has 2 atom stereocenters. The molecule has 2 rings (SSSR count). The highest BCUT2D eigenvalue weighted by atomic mass is 35.5. The van der Waals surface area contributed by atoms with E-state index in [9.17, 15) is 14.7 Å². The van der Waals surface area contributed by atoms with Crippen LogP contribution in [-0.2, 0) is 23.1 Å². The van der Waals surface area contributed by atoms with Gasteiger partial charge in [0.15, 0.2) is 0 Å². The van der Waals surface area contributed by atoms with Gasteiger partial charge < -0.3 is 25.6 Å². The van der Waals surface area contributed by atoms with E-state index < -0.39 is 24.0 Å². The first-order valence-electron chi connectivity index (χ1n) is 10.3. The van der Waals surface area contributed by atoms with Crippen LogP contribution in [0.1, 0.15) is 26.1 Å². The molecule has 0 aliphatic rings. The van der Waals surface area contributed by atoms with Crippen LogP contribution in [0.4, 0.5) is 5.69 Å². The third kappa shape index (κ3) is 8.37. The van der Waals surface area contributed by atoms with Gasteiger partial charge in [0.05, 0.1) is 17.1 Å². The Morgan fingerprint density at radius 1 is 1.21 bits per heavy atom. The fourth-order valence-corrected chi connectivity index (χ4v) is 3.83. The zero-order valence-corrected chi connectivity index (χ0v) is 22.1. The Morgan fingerprint density at radius 2 is 1.82 bits per heavy atom. The SMILES string of the molecule is CC(C)C(NC(=O)C(N)CCc1nc2cc(N(CCCl)CCCl)ccc2n1C)C(=O)O.Cl.Cl. The van der Waals surface area contributed by atoms with Gasteiger partial charge in [-0.3, -0.25) is 4.79 Å². The van der Waals surface area contributed by atoms with Gasteiger partial charge in [0, 0.05) is 44.0 Å². The van der Waals surface area contributed by atoms with E-state index in [1.807, 2.05) is 29.8 Å². The zero-order valence-electron chi connectivity index (χ0n) is 19.0. The van der Waals surface area contributed by atoms with E-state index in [0.29, 0.717) is 37.7 Å². The van der Waals surface area contributed by atoms with Crippen LogP contribution in [-0.4, -0.2) is 63.5 Å². The van der Waals surface area contributed by atoms with Gasteiger partial charge in [0.2, 0.25) is 5.91 Å². The number of rotatable bonds is 12. The molecule has 0 radical (unpaired) electrons. The number of hydrogen-bond acceptors (Lipinski definition) is 5. The number of imidazole rings is 1. The Balaban J connectivity index is 0.00000512. The molecule has 0 fully saturated rings. The molecule has 1 amide bonds. The second kappa shape index (κ2) is 14.7. The van der Waals surface area contributed by atoms with Crippen LogP contribution in [0.3, 0.4) is 0 Å². The number of amides is 1. The third-order valence-electron chi connectivity index (χ3n) is 5.28. The monoisotopic (exact) mass is 543 g/mol. The molecule has 1 aromatic heterocycles. The van der Waals surface area contributed by atoms with Crippen LogP contribution >= 0.6 is 48.0 Å². The number of carboxylic acids is 1. The number of alkyl halides is 2. The molecule has 8 nitrogen and oxygen atoms in total. The lowest BCUT2D eigenvalue weighted by Gasteiger charge is -2.22. The normalized spacial score (nSPS) is 12.6. The fraction of sp³-hybridized carbons (Fsp3) is 0.571. The molecule has 1 heterocycles. The zero-order chi connectivity index (χ0) is 23.1. The Labute approximate surface area is 217 Å². The highest BCUT2D eigenvalue weighted by molar-refractivity contribution is 6.18. The molecule has 0 aliphatic heterocycles. The van der Waals surface area contributed by atoms with Crippen LogP contribution in [0.25, 0.3) is 11.0 Å². The lowest BCUT2D eigenvalue weighted by Crippen LogP contribution is -2.50. The minimum atomic E-state index is -1.07. The molecule has 0 bridgehead atoms. The number of nitrogens with two attached hydrogens (primary N) is 1. The third-order valence-corrected chi connectivity index (χ3v) is 5.62. The Bertz CT molecular complexity index is 903. The van der Waals surface area contributed by atoms with Gasteiger partial charge >= 0.3 is 5.97 Å². The number of nitrogens with zero attached hydrogens (tertiary/aromatic N) is 3. The highest BCUT2D eigenvalue weighted by Crippen LogP contribution is 2.23. The Hall–Kier alpha value is -1.45. The van der Waals surface area contributed by atoms with Crippen molar-refractivity contribution < 1.29 is 14.7 Å². The van der Waals surface area contributed by atoms with Crippen molar-refractivity contribution in [1.29, 1.82) is 0 Å². The molecule has 12 heteroatoms. The van der Waals surface area contributed by atoms with E-state index >= 15 is 0 Å². The van der Waals surface area contributed by atoms with Crippen molar-refractivity contribution in [3.63, 3.8) is 0 Å².